The molecule has 5 nitrogen and oxygen atoms in total. The molecule has 2 atom stereocenters. The molecule has 1 fully saturated rings. The van der Waals surface area contributed by atoms with Crippen molar-refractivity contribution in [2.24, 2.45) is 0 Å². The summed E-state index contributed by atoms with van der Waals surface area (Å²) < 4.78 is 13.8. The lowest BCUT2D eigenvalue weighted by atomic mass is 10.1. The average Bonchev–Trinajstić information content (AvgIpc) is 2.92. The fourth-order valence-corrected chi connectivity index (χ4v) is 2.67. The molecule has 2 rings (SSSR count). The summed E-state index contributed by atoms with van der Waals surface area (Å²) in [4.78, 5) is 25.7. The Hall–Kier alpha value is -2.42. The Morgan fingerprint density at radius 1 is 1.50 bits per heavy atom. The summed E-state index contributed by atoms with van der Waals surface area (Å²) in [5.74, 6) is -1.02. The minimum Gasteiger partial charge on any atom is -0.335 e. The number of nitrogens with zero attached hydrogens (tertiary/aromatic N) is 2. The summed E-state index contributed by atoms with van der Waals surface area (Å²) in [6, 6.07) is 6.05. The van der Waals surface area contributed by atoms with E-state index in [1.165, 1.54) is 23.1 Å². The number of likely N-dealkylation sites (tertiary alicyclic amines) is 1. The summed E-state index contributed by atoms with van der Waals surface area (Å²) in [5, 5.41) is 11.8. The van der Waals surface area contributed by atoms with Crippen LogP contribution in [0.2, 0.25) is 0 Å². The van der Waals surface area contributed by atoms with Gasteiger partial charge in [-0.2, -0.15) is 5.26 Å². The fraction of sp³-hybridized carbons (Fsp3) is 0.438. The Morgan fingerprint density at radius 2 is 2.23 bits per heavy atom. The van der Waals surface area contributed by atoms with E-state index in [-0.39, 0.29) is 11.5 Å². The summed E-state index contributed by atoms with van der Waals surface area (Å²) in [6.07, 6.45) is 1.63. The van der Waals surface area contributed by atoms with Gasteiger partial charge in [0.05, 0.1) is 6.07 Å². The SMILES string of the molecule is CC[C@@H](C(=O)N[C@H](C#N)c1ccccc1F)N1CCCC1=O. The number of carbonyl (C=O) groups is 2. The van der Waals surface area contributed by atoms with Gasteiger partial charge in [-0.3, -0.25) is 9.59 Å². The summed E-state index contributed by atoms with van der Waals surface area (Å²) in [6.45, 7) is 2.35. The van der Waals surface area contributed by atoms with Crippen molar-refractivity contribution in [3.63, 3.8) is 0 Å². The van der Waals surface area contributed by atoms with Gasteiger partial charge in [-0.15, -0.1) is 0 Å². The second-order valence-corrected chi connectivity index (χ2v) is 5.21. The number of amides is 2. The van der Waals surface area contributed by atoms with Gasteiger partial charge in [-0.1, -0.05) is 25.1 Å². The van der Waals surface area contributed by atoms with Gasteiger partial charge >= 0.3 is 0 Å². The molecule has 2 amide bonds. The van der Waals surface area contributed by atoms with E-state index in [2.05, 4.69) is 5.32 Å². The maximum Gasteiger partial charge on any atom is 0.244 e. The highest BCUT2D eigenvalue weighted by atomic mass is 19.1. The van der Waals surface area contributed by atoms with Gasteiger partial charge in [0.15, 0.2) is 0 Å². The van der Waals surface area contributed by atoms with Gasteiger partial charge in [-0.05, 0) is 18.9 Å². The molecule has 0 radical (unpaired) electrons. The quantitative estimate of drug-likeness (QED) is 0.903. The zero-order valence-electron chi connectivity index (χ0n) is 12.4. The van der Waals surface area contributed by atoms with Crippen molar-refractivity contribution in [1.82, 2.24) is 10.2 Å². The fourth-order valence-electron chi connectivity index (χ4n) is 2.67. The lowest BCUT2D eigenvalue weighted by Gasteiger charge is -2.26. The third-order valence-corrected chi connectivity index (χ3v) is 3.81. The standard InChI is InChI=1S/C16H18FN3O2/c1-2-14(20-9-5-8-15(20)21)16(22)19-13(10-18)11-6-3-4-7-12(11)17/h3-4,6-7,13-14H,2,5,8-9H2,1H3,(H,19,22)/t13-,14+/m1/s1. The first-order valence-corrected chi connectivity index (χ1v) is 7.32. The second kappa shape index (κ2) is 7.03. The molecule has 6 heteroatoms. The van der Waals surface area contributed by atoms with Crippen LogP contribution in [0.1, 0.15) is 37.8 Å². The molecule has 1 aromatic rings. The number of nitrogens with one attached hydrogen (secondary N) is 1. The van der Waals surface area contributed by atoms with Crippen LogP contribution in [-0.4, -0.2) is 29.3 Å². The smallest absolute Gasteiger partial charge is 0.244 e. The third kappa shape index (κ3) is 3.25. The molecule has 1 aliphatic heterocycles. The number of benzene rings is 1. The maximum absolute atomic E-state index is 13.8. The predicted molar refractivity (Wildman–Crippen MR) is 77.9 cm³/mol. The van der Waals surface area contributed by atoms with Crippen LogP contribution < -0.4 is 5.32 Å². The lowest BCUT2D eigenvalue weighted by molar-refractivity contribution is -0.137. The first-order chi connectivity index (χ1) is 10.6. The molecule has 0 aromatic heterocycles. The highest BCUT2D eigenvalue weighted by Gasteiger charge is 2.32. The van der Waals surface area contributed by atoms with Crippen molar-refractivity contribution >= 4 is 11.8 Å². The van der Waals surface area contributed by atoms with Crippen LogP contribution in [0.4, 0.5) is 4.39 Å². The third-order valence-electron chi connectivity index (χ3n) is 3.81. The van der Waals surface area contributed by atoms with Crippen molar-refractivity contribution in [2.75, 3.05) is 6.54 Å². The van der Waals surface area contributed by atoms with Crippen molar-refractivity contribution < 1.29 is 14.0 Å². The van der Waals surface area contributed by atoms with Crippen molar-refractivity contribution in [1.29, 1.82) is 5.26 Å². The predicted octanol–water partition coefficient (Wildman–Crippen LogP) is 1.91. The van der Waals surface area contributed by atoms with Gasteiger partial charge in [0.25, 0.3) is 0 Å². The maximum atomic E-state index is 13.8. The summed E-state index contributed by atoms with van der Waals surface area (Å²) in [5.41, 5.74) is 0.126. The molecule has 0 saturated carbocycles. The molecule has 0 spiro atoms. The lowest BCUT2D eigenvalue weighted by Crippen LogP contribution is -2.48. The van der Waals surface area contributed by atoms with Crippen LogP contribution in [0, 0.1) is 17.1 Å². The summed E-state index contributed by atoms with van der Waals surface area (Å²) >= 11 is 0. The molecule has 1 aliphatic rings. The van der Waals surface area contributed by atoms with Gasteiger partial charge < -0.3 is 10.2 Å². The minimum absolute atomic E-state index is 0.0543. The zero-order chi connectivity index (χ0) is 16.1. The van der Waals surface area contributed by atoms with E-state index >= 15 is 0 Å². The molecule has 1 saturated heterocycles. The van der Waals surface area contributed by atoms with Crippen LogP contribution >= 0.6 is 0 Å². The average molecular weight is 303 g/mol. The van der Waals surface area contributed by atoms with Gasteiger partial charge in [0.1, 0.15) is 17.9 Å². The van der Waals surface area contributed by atoms with Crippen molar-refractivity contribution in [2.45, 2.75) is 38.3 Å². The Labute approximate surface area is 128 Å². The van der Waals surface area contributed by atoms with E-state index in [4.69, 9.17) is 0 Å². The van der Waals surface area contributed by atoms with E-state index in [0.29, 0.717) is 19.4 Å². The topological polar surface area (TPSA) is 73.2 Å². The molecule has 22 heavy (non-hydrogen) atoms. The number of rotatable bonds is 5. The number of carbonyl (C=O) groups excluding carboxylic acids is 2. The molecule has 116 valence electrons. The normalized spacial score (nSPS) is 17.0. The first-order valence-electron chi connectivity index (χ1n) is 7.32. The summed E-state index contributed by atoms with van der Waals surface area (Å²) in [7, 11) is 0. The van der Waals surface area contributed by atoms with Crippen LogP contribution in [0.3, 0.4) is 0 Å². The first kappa shape index (κ1) is 16.0. The van der Waals surface area contributed by atoms with Gasteiger partial charge in [0, 0.05) is 18.5 Å². The Bertz CT molecular complexity index is 612. The monoisotopic (exact) mass is 303 g/mol. The van der Waals surface area contributed by atoms with Crippen LogP contribution in [0.25, 0.3) is 0 Å². The van der Waals surface area contributed by atoms with E-state index in [9.17, 15) is 19.2 Å². The molecule has 0 unspecified atom stereocenters. The van der Waals surface area contributed by atoms with Gasteiger partial charge in [0.2, 0.25) is 11.8 Å². The van der Waals surface area contributed by atoms with E-state index in [1.54, 1.807) is 13.0 Å². The van der Waals surface area contributed by atoms with E-state index < -0.39 is 23.8 Å². The Balaban J connectivity index is 2.13. The van der Waals surface area contributed by atoms with E-state index in [0.717, 1.165) is 6.42 Å². The number of nitriles is 1. The molecule has 0 aliphatic carbocycles. The van der Waals surface area contributed by atoms with Gasteiger partial charge in [-0.25, -0.2) is 4.39 Å². The Morgan fingerprint density at radius 3 is 2.77 bits per heavy atom. The van der Waals surface area contributed by atoms with Crippen LogP contribution in [0.15, 0.2) is 24.3 Å². The van der Waals surface area contributed by atoms with Crippen LogP contribution in [-0.2, 0) is 9.59 Å². The molecule has 0 bridgehead atoms. The number of hydrogen-bond donors (Lipinski definition) is 1. The Kier molecular flexibility index (Phi) is 5.10. The molecular formula is C16H18FN3O2. The highest BCUT2D eigenvalue weighted by Crippen LogP contribution is 2.19. The van der Waals surface area contributed by atoms with Crippen molar-refractivity contribution in [3.05, 3.63) is 35.6 Å². The molecule has 1 aromatic carbocycles. The number of hydrogen-bond acceptors (Lipinski definition) is 3. The highest BCUT2D eigenvalue weighted by molar-refractivity contribution is 5.88. The number of halogens is 1. The van der Waals surface area contributed by atoms with Crippen LogP contribution in [0.5, 0.6) is 0 Å². The van der Waals surface area contributed by atoms with E-state index in [1.807, 2.05) is 6.07 Å². The second-order valence-electron chi connectivity index (χ2n) is 5.21. The minimum atomic E-state index is -1.07. The molecule has 1 heterocycles. The zero-order valence-corrected chi connectivity index (χ0v) is 12.4. The molecular weight excluding hydrogens is 285 g/mol. The molecule has 1 N–H and O–H groups in total. The largest absolute Gasteiger partial charge is 0.335 e. The van der Waals surface area contributed by atoms with Crippen molar-refractivity contribution in [3.8, 4) is 6.07 Å².